The van der Waals surface area contributed by atoms with Crippen LogP contribution in [0.3, 0.4) is 0 Å². The van der Waals surface area contributed by atoms with Crippen molar-refractivity contribution in [3.05, 3.63) is 51.6 Å². The summed E-state index contributed by atoms with van der Waals surface area (Å²) in [6.07, 6.45) is 0. The summed E-state index contributed by atoms with van der Waals surface area (Å²) < 4.78 is 1.39. The number of phenols is 1. The molecule has 0 spiro atoms. The first-order valence-corrected chi connectivity index (χ1v) is 6.21. The van der Waals surface area contributed by atoms with Crippen molar-refractivity contribution >= 4 is 72.7 Å². The Labute approximate surface area is 134 Å². The SMILES string of the molecule is O=c1c2ccccc2sc2c(O)ccc(Cl)c12.[Na]. The third kappa shape index (κ3) is 2.06. The van der Waals surface area contributed by atoms with Gasteiger partial charge in [-0.3, -0.25) is 4.79 Å². The van der Waals surface area contributed by atoms with E-state index in [4.69, 9.17) is 11.6 Å². The van der Waals surface area contributed by atoms with Crippen LogP contribution < -0.4 is 5.43 Å². The maximum absolute atomic E-state index is 12.3. The molecule has 0 aliphatic carbocycles. The number of benzene rings is 2. The zero-order chi connectivity index (χ0) is 12.0. The van der Waals surface area contributed by atoms with Crippen molar-refractivity contribution in [3.63, 3.8) is 0 Å². The quantitative estimate of drug-likeness (QED) is 0.508. The maximum atomic E-state index is 12.3. The van der Waals surface area contributed by atoms with E-state index >= 15 is 0 Å². The average molecular weight is 286 g/mol. The van der Waals surface area contributed by atoms with E-state index in [1.54, 1.807) is 12.1 Å². The first-order valence-electron chi connectivity index (χ1n) is 5.01. The molecule has 1 N–H and O–H groups in total. The van der Waals surface area contributed by atoms with Crippen LogP contribution in [-0.4, -0.2) is 34.7 Å². The maximum Gasteiger partial charge on any atom is 0.197 e. The third-order valence-corrected chi connectivity index (χ3v) is 4.17. The molecule has 1 aromatic heterocycles. The molecule has 0 saturated carbocycles. The molecule has 3 rings (SSSR count). The average Bonchev–Trinajstić information content (AvgIpc) is 2.34. The number of phenolic OH excluding ortho intramolecular Hbond substituents is 1. The van der Waals surface area contributed by atoms with E-state index in [0.29, 0.717) is 20.5 Å². The fraction of sp³-hybridized carbons (Fsp3) is 0. The van der Waals surface area contributed by atoms with Crippen LogP contribution in [0.1, 0.15) is 0 Å². The van der Waals surface area contributed by atoms with E-state index in [9.17, 15) is 9.90 Å². The van der Waals surface area contributed by atoms with Crippen LogP contribution in [-0.2, 0) is 0 Å². The molecule has 0 unspecified atom stereocenters. The van der Waals surface area contributed by atoms with Crippen molar-refractivity contribution in [3.8, 4) is 5.75 Å². The van der Waals surface area contributed by atoms with Crippen LogP contribution in [0, 0.1) is 0 Å². The summed E-state index contributed by atoms with van der Waals surface area (Å²) in [7, 11) is 0. The van der Waals surface area contributed by atoms with Gasteiger partial charge in [0.05, 0.1) is 15.1 Å². The second kappa shape index (κ2) is 5.19. The smallest absolute Gasteiger partial charge is 0.197 e. The van der Waals surface area contributed by atoms with E-state index in [1.807, 2.05) is 18.2 Å². The summed E-state index contributed by atoms with van der Waals surface area (Å²) in [5, 5.41) is 11.2. The monoisotopic (exact) mass is 285 g/mol. The number of hydrogen-bond donors (Lipinski definition) is 1. The molecule has 3 aromatic rings. The largest absolute Gasteiger partial charge is 0.506 e. The van der Waals surface area contributed by atoms with Crippen LogP contribution in [0.2, 0.25) is 5.02 Å². The Balaban J connectivity index is 0.00000120. The Morgan fingerprint density at radius 1 is 1.11 bits per heavy atom. The molecule has 0 aliphatic rings. The summed E-state index contributed by atoms with van der Waals surface area (Å²) >= 11 is 7.40. The van der Waals surface area contributed by atoms with Gasteiger partial charge >= 0.3 is 0 Å². The topological polar surface area (TPSA) is 37.3 Å². The van der Waals surface area contributed by atoms with Crippen molar-refractivity contribution in [1.29, 1.82) is 0 Å². The Hall–Kier alpha value is -0.580. The van der Waals surface area contributed by atoms with Gasteiger partial charge in [0.15, 0.2) is 5.43 Å². The van der Waals surface area contributed by atoms with Crippen molar-refractivity contribution in [2.24, 2.45) is 0 Å². The summed E-state index contributed by atoms with van der Waals surface area (Å²) in [4.78, 5) is 12.3. The number of fused-ring (bicyclic) bond motifs is 2. The first kappa shape index (κ1) is 13.8. The molecule has 1 radical (unpaired) electrons. The van der Waals surface area contributed by atoms with E-state index in [0.717, 1.165) is 4.70 Å². The van der Waals surface area contributed by atoms with Gasteiger partial charge in [-0.25, -0.2) is 0 Å². The van der Waals surface area contributed by atoms with Crippen LogP contribution in [0.25, 0.3) is 20.2 Å². The fourth-order valence-corrected chi connectivity index (χ4v) is 3.26. The van der Waals surface area contributed by atoms with Gasteiger partial charge in [0.2, 0.25) is 0 Å². The van der Waals surface area contributed by atoms with Gasteiger partial charge in [0.25, 0.3) is 0 Å². The molecule has 85 valence electrons. The fourth-order valence-electron chi connectivity index (χ4n) is 1.85. The summed E-state index contributed by atoms with van der Waals surface area (Å²) in [6, 6.07) is 10.4. The molecule has 1 heterocycles. The molecule has 0 saturated heterocycles. The van der Waals surface area contributed by atoms with Crippen LogP contribution in [0.5, 0.6) is 5.75 Å². The minimum atomic E-state index is -0.129. The molecule has 0 fully saturated rings. The molecule has 18 heavy (non-hydrogen) atoms. The minimum Gasteiger partial charge on any atom is -0.506 e. The predicted octanol–water partition coefficient (Wildman–Crippen LogP) is 3.39. The minimum absolute atomic E-state index is 0. The Bertz CT molecular complexity index is 798. The molecule has 2 aromatic carbocycles. The van der Waals surface area contributed by atoms with Crippen molar-refractivity contribution in [2.45, 2.75) is 0 Å². The van der Waals surface area contributed by atoms with Gasteiger partial charge in [-0.05, 0) is 24.3 Å². The van der Waals surface area contributed by atoms with E-state index in [2.05, 4.69) is 0 Å². The third-order valence-electron chi connectivity index (χ3n) is 2.66. The number of halogens is 1. The molecule has 0 aliphatic heterocycles. The summed E-state index contributed by atoms with van der Waals surface area (Å²) in [5.41, 5.74) is -0.129. The van der Waals surface area contributed by atoms with Crippen molar-refractivity contribution in [1.82, 2.24) is 0 Å². The van der Waals surface area contributed by atoms with E-state index < -0.39 is 0 Å². The van der Waals surface area contributed by atoms with E-state index in [1.165, 1.54) is 17.4 Å². The van der Waals surface area contributed by atoms with Gasteiger partial charge < -0.3 is 5.11 Å². The Kier molecular flexibility index (Phi) is 3.99. The molecule has 2 nitrogen and oxygen atoms in total. The molecular weight excluding hydrogens is 279 g/mol. The Morgan fingerprint density at radius 3 is 2.61 bits per heavy atom. The van der Waals surface area contributed by atoms with Gasteiger partial charge in [-0.15, -0.1) is 11.3 Å². The molecule has 0 atom stereocenters. The molecule has 0 amide bonds. The van der Waals surface area contributed by atoms with Gasteiger partial charge in [-0.1, -0.05) is 23.7 Å². The zero-order valence-electron chi connectivity index (χ0n) is 9.61. The number of aromatic hydroxyl groups is 1. The van der Waals surface area contributed by atoms with Crippen LogP contribution >= 0.6 is 22.9 Å². The second-order valence-electron chi connectivity index (χ2n) is 3.70. The normalized spacial score (nSPS) is 10.5. The van der Waals surface area contributed by atoms with Crippen LogP contribution in [0.15, 0.2) is 41.2 Å². The van der Waals surface area contributed by atoms with Crippen molar-refractivity contribution in [2.75, 3.05) is 0 Å². The standard InChI is InChI=1S/C13H7ClO2S.Na/c14-8-5-6-9(15)13-11(8)12(16)7-3-1-2-4-10(7)17-13;/h1-6,15H;. The van der Waals surface area contributed by atoms with E-state index in [-0.39, 0.29) is 40.7 Å². The van der Waals surface area contributed by atoms with Crippen molar-refractivity contribution < 1.29 is 5.11 Å². The second-order valence-corrected chi connectivity index (χ2v) is 5.16. The number of hydrogen-bond acceptors (Lipinski definition) is 3. The molecular formula is C13H7ClNaO2S. The van der Waals surface area contributed by atoms with Gasteiger partial charge in [-0.2, -0.15) is 0 Å². The Morgan fingerprint density at radius 2 is 1.83 bits per heavy atom. The summed E-state index contributed by atoms with van der Waals surface area (Å²) in [5.74, 6) is 0.0947. The summed E-state index contributed by atoms with van der Waals surface area (Å²) in [6.45, 7) is 0. The van der Waals surface area contributed by atoms with Crippen LogP contribution in [0.4, 0.5) is 0 Å². The molecule has 5 heteroatoms. The predicted molar refractivity (Wildman–Crippen MR) is 78.0 cm³/mol. The van der Waals surface area contributed by atoms with Gasteiger partial charge in [0.1, 0.15) is 5.75 Å². The number of rotatable bonds is 0. The molecule has 0 bridgehead atoms. The van der Waals surface area contributed by atoms with Gasteiger partial charge in [0, 0.05) is 39.6 Å². The zero-order valence-corrected chi connectivity index (χ0v) is 13.2. The first-order chi connectivity index (χ1) is 8.18.